The highest BCUT2D eigenvalue weighted by Crippen LogP contribution is 2.14. The molecule has 0 heterocycles. The summed E-state index contributed by atoms with van der Waals surface area (Å²) in [6, 6.07) is 13.1. The van der Waals surface area contributed by atoms with Crippen LogP contribution < -0.4 is 10.8 Å². The quantitative estimate of drug-likeness (QED) is 0.319. The summed E-state index contributed by atoms with van der Waals surface area (Å²) in [7, 11) is 1.52. The Hall–Kier alpha value is -3.72. The van der Waals surface area contributed by atoms with E-state index < -0.39 is 18.4 Å². The summed E-state index contributed by atoms with van der Waals surface area (Å²) in [6.07, 6.45) is 0. The second-order valence-electron chi connectivity index (χ2n) is 6.19. The lowest BCUT2D eigenvalue weighted by Crippen LogP contribution is -2.35. The summed E-state index contributed by atoms with van der Waals surface area (Å²) < 4.78 is 0. The molecule has 0 aliphatic carbocycles. The minimum atomic E-state index is -1.13. The van der Waals surface area contributed by atoms with E-state index in [1.807, 2.05) is 5.48 Å². The molecule has 0 saturated heterocycles. The number of hydrogen-bond donors (Lipinski definition) is 4. The molecule has 0 saturated carbocycles. The predicted octanol–water partition coefficient (Wildman–Crippen LogP) is 1.73. The first-order valence-corrected chi connectivity index (χ1v) is 8.69. The number of hydroxylamine groups is 1. The summed E-state index contributed by atoms with van der Waals surface area (Å²) in [6.45, 7) is 1.00. The second kappa shape index (κ2) is 10.00. The van der Waals surface area contributed by atoms with Gasteiger partial charge in [-0.1, -0.05) is 24.3 Å². The fourth-order valence-electron chi connectivity index (χ4n) is 2.68. The number of nitrogens with zero attached hydrogens (tertiary/aromatic N) is 2. The normalized spacial score (nSPS) is 10.9. The SMILES string of the molecule is CN=C(NO)c1ccc(CN(CC(=O)O)C(=O)c2ccc(NC(C)=O)cc2)cc1. The lowest BCUT2D eigenvalue weighted by Gasteiger charge is -2.21. The minimum absolute atomic E-state index is 0.0873. The van der Waals surface area contributed by atoms with Crippen LogP contribution in [0.1, 0.15) is 28.4 Å². The van der Waals surface area contributed by atoms with Gasteiger partial charge in [-0.3, -0.25) is 30.1 Å². The van der Waals surface area contributed by atoms with Crippen LogP contribution >= 0.6 is 0 Å². The summed E-state index contributed by atoms with van der Waals surface area (Å²) in [5, 5.41) is 20.8. The predicted molar refractivity (Wildman–Crippen MR) is 107 cm³/mol. The Kier molecular flexibility index (Phi) is 7.44. The van der Waals surface area contributed by atoms with Crippen molar-refractivity contribution < 1.29 is 24.7 Å². The highest BCUT2D eigenvalue weighted by atomic mass is 16.5. The van der Waals surface area contributed by atoms with Crippen molar-refractivity contribution >= 4 is 29.3 Å². The van der Waals surface area contributed by atoms with Gasteiger partial charge in [0.25, 0.3) is 5.91 Å². The van der Waals surface area contributed by atoms with E-state index in [2.05, 4.69) is 10.3 Å². The molecular formula is C20H22N4O5. The number of amidine groups is 1. The smallest absolute Gasteiger partial charge is 0.323 e. The first-order chi connectivity index (χ1) is 13.8. The van der Waals surface area contributed by atoms with Gasteiger partial charge in [0, 0.05) is 37.3 Å². The van der Waals surface area contributed by atoms with Gasteiger partial charge < -0.3 is 15.3 Å². The number of anilines is 1. The van der Waals surface area contributed by atoms with E-state index in [-0.39, 0.29) is 18.3 Å². The van der Waals surface area contributed by atoms with E-state index in [1.54, 1.807) is 36.4 Å². The number of carbonyl (C=O) groups is 3. The van der Waals surface area contributed by atoms with Crippen molar-refractivity contribution in [3.8, 4) is 0 Å². The van der Waals surface area contributed by atoms with Gasteiger partial charge in [-0.15, -0.1) is 0 Å². The molecule has 2 aromatic rings. The molecule has 9 heteroatoms. The molecule has 9 nitrogen and oxygen atoms in total. The van der Waals surface area contributed by atoms with Crippen molar-refractivity contribution in [2.75, 3.05) is 18.9 Å². The molecule has 29 heavy (non-hydrogen) atoms. The van der Waals surface area contributed by atoms with Gasteiger partial charge in [-0.05, 0) is 29.8 Å². The maximum Gasteiger partial charge on any atom is 0.323 e. The number of carboxylic acid groups (broad SMARTS) is 1. The number of aliphatic imine (C=N–C) groups is 1. The van der Waals surface area contributed by atoms with Crippen LogP contribution in [-0.4, -0.2) is 52.4 Å². The van der Waals surface area contributed by atoms with Crippen molar-refractivity contribution in [3.63, 3.8) is 0 Å². The van der Waals surface area contributed by atoms with Crippen LogP contribution in [0.4, 0.5) is 5.69 Å². The Bertz CT molecular complexity index is 907. The number of carbonyl (C=O) groups excluding carboxylic acids is 2. The van der Waals surface area contributed by atoms with Crippen molar-refractivity contribution in [2.24, 2.45) is 4.99 Å². The standard InChI is InChI=1S/C20H22N4O5/c1-13(25)22-17-9-7-16(8-10-17)20(28)24(12-18(26)27)11-14-3-5-15(6-4-14)19(21-2)23-29/h3-10,29H,11-12H2,1-2H3,(H,21,23)(H,22,25)(H,26,27). The zero-order valence-electron chi connectivity index (χ0n) is 16.0. The summed E-state index contributed by atoms with van der Waals surface area (Å²) in [5.74, 6) is -1.52. The highest BCUT2D eigenvalue weighted by molar-refractivity contribution is 5.98. The Labute approximate surface area is 167 Å². The van der Waals surface area contributed by atoms with Crippen LogP contribution in [-0.2, 0) is 16.1 Å². The summed E-state index contributed by atoms with van der Waals surface area (Å²) in [4.78, 5) is 40.2. The van der Waals surface area contributed by atoms with Crippen LogP contribution in [0.25, 0.3) is 0 Å². The van der Waals surface area contributed by atoms with E-state index in [4.69, 9.17) is 5.21 Å². The molecule has 0 spiro atoms. The number of hydrogen-bond acceptors (Lipinski definition) is 5. The third-order valence-electron chi connectivity index (χ3n) is 4.00. The molecule has 2 aromatic carbocycles. The molecule has 0 aromatic heterocycles. The molecule has 2 rings (SSSR count). The molecular weight excluding hydrogens is 376 g/mol. The Morgan fingerprint density at radius 3 is 2.07 bits per heavy atom. The van der Waals surface area contributed by atoms with Gasteiger partial charge in [0.15, 0.2) is 5.84 Å². The number of nitrogens with one attached hydrogen (secondary N) is 2. The van der Waals surface area contributed by atoms with E-state index in [0.29, 0.717) is 22.4 Å². The van der Waals surface area contributed by atoms with Crippen LogP contribution in [0.2, 0.25) is 0 Å². The Morgan fingerprint density at radius 2 is 1.59 bits per heavy atom. The Balaban J connectivity index is 2.19. The van der Waals surface area contributed by atoms with E-state index in [1.165, 1.54) is 31.0 Å². The Morgan fingerprint density at radius 1 is 1.00 bits per heavy atom. The van der Waals surface area contributed by atoms with Crippen LogP contribution in [0.3, 0.4) is 0 Å². The maximum atomic E-state index is 12.8. The number of rotatable bonds is 7. The molecule has 0 atom stereocenters. The minimum Gasteiger partial charge on any atom is -0.480 e. The van der Waals surface area contributed by atoms with Crippen molar-refractivity contribution in [1.29, 1.82) is 0 Å². The van der Waals surface area contributed by atoms with Gasteiger partial charge in [-0.2, -0.15) is 0 Å². The summed E-state index contributed by atoms with van der Waals surface area (Å²) >= 11 is 0. The van der Waals surface area contributed by atoms with E-state index in [0.717, 1.165) is 0 Å². The average molecular weight is 398 g/mol. The largest absolute Gasteiger partial charge is 0.480 e. The van der Waals surface area contributed by atoms with Crippen molar-refractivity contribution in [1.82, 2.24) is 10.4 Å². The average Bonchev–Trinajstić information content (AvgIpc) is 2.69. The van der Waals surface area contributed by atoms with E-state index >= 15 is 0 Å². The third kappa shape index (κ3) is 6.15. The first kappa shape index (κ1) is 21.6. The van der Waals surface area contributed by atoms with Crippen LogP contribution in [0, 0.1) is 0 Å². The molecule has 4 N–H and O–H groups in total. The van der Waals surface area contributed by atoms with Gasteiger partial charge in [0.1, 0.15) is 6.54 Å². The van der Waals surface area contributed by atoms with Gasteiger partial charge in [0.2, 0.25) is 5.91 Å². The lowest BCUT2D eigenvalue weighted by atomic mass is 10.1. The fourth-order valence-corrected chi connectivity index (χ4v) is 2.68. The zero-order valence-corrected chi connectivity index (χ0v) is 16.0. The highest BCUT2D eigenvalue weighted by Gasteiger charge is 2.19. The number of benzene rings is 2. The molecule has 0 unspecified atom stereocenters. The molecule has 0 bridgehead atoms. The summed E-state index contributed by atoms with van der Waals surface area (Å²) in [5.41, 5.74) is 4.20. The van der Waals surface area contributed by atoms with Crippen molar-refractivity contribution in [2.45, 2.75) is 13.5 Å². The lowest BCUT2D eigenvalue weighted by molar-refractivity contribution is -0.137. The fraction of sp³-hybridized carbons (Fsp3) is 0.200. The number of amides is 2. The zero-order chi connectivity index (χ0) is 21.4. The maximum absolute atomic E-state index is 12.8. The molecule has 0 aliphatic rings. The second-order valence-corrected chi connectivity index (χ2v) is 6.19. The van der Waals surface area contributed by atoms with Crippen LogP contribution in [0.15, 0.2) is 53.5 Å². The van der Waals surface area contributed by atoms with Crippen LogP contribution in [0.5, 0.6) is 0 Å². The van der Waals surface area contributed by atoms with Gasteiger partial charge in [0.05, 0.1) is 0 Å². The van der Waals surface area contributed by atoms with Crippen molar-refractivity contribution in [3.05, 3.63) is 65.2 Å². The molecule has 152 valence electrons. The van der Waals surface area contributed by atoms with E-state index in [9.17, 15) is 19.5 Å². The van der Waals surface area contributed by atoms with Gasteiger partial charge in [-0.25, -0.2) is 0 Å². The molecule has 0 radical (unpaired) electrons. The van der Waals surface area contributed by atoms with Gasteiger partial charge >= 0.3 is 5.97 Å². The number of carboxylic acids is 1. The monoisotopic (exact) mass is 398 g/mol. The third-order valence-corrected chi connectivity index (χ3v) is 4.00. The molecule has 0 fully saturated rings. The molecule has 0 aliphatic heterocycles. The number of aliphatic carboxylic acids is 1. The molecule has 2 amide bonds. The topological polar surface area (TPSA) is 131 Å². The first-order valence-electron chi connectivity index (χ1n) is 8.69.